The highest BCUT2D eigenvalue weighted by Crippen LogP contribution is 2.87. The van der Waals surface area contributed by atoms with Crippen molar-refractivity contribution in [2.45, 2.75) is 36.0 Å². The Labute approximate surface area is 196 Å². The van der Waals surface area contributed by atoms with Crippen LogP contribution in [0.4, 0.5) is 0 Å². The van der Waals surface area contributed by atoms with Crippen LogP contribution in [0.5, 0.6) is 0 Å². The Bertz CT molecular complexity index is 1240. The van der Waals surface area contributed by atoms with Crippen molar-refractivity contribution in [1.82, 2.24) is 0 Å². The summed E-state index contributed by atoms with van der Waals surface area (Å²) in [6.07, 6.45) is 16.9. The molecule has 2 saturated carbocycles. The zero-order valence-corrected chi connectivity index (χ0v) is 20.0. The van der Waals surface area contributed by atoms with Crippen molar-refractivity contribution in [3.63, 3.8) is 0 Å². The third-order valence-corrected chi connectivity index (χ3v) is 16.8. The van der Waals surface area contributed by atoms with Gasteiger partial charge >= 0.3 is 0 Å². The number of fused-ring (bicyclic) bond motifs is 5. The second-order valence-corrected chi connectivity index (χ2v) is 16.1. The van der Waals surface area contributed by atoms with E-state index in [0.29, 0.717) is 11.6 Å². The molecule has 160 valence electrons. The van der Waals surface area contributed by atoms with Gasteiger partial charge in [0.05, 0.1) is 0 Å². The largest absolute Gasteiger partial charge is 0.0919 e. The van der Waals surface area contributed by atoms with Crippen LogP contribution >= 0.6 is 6.04 Å². The van der Waals surface area contributed by atoms with Crippen molar-refractivity contribution >= 4 is 23.2 Å². The molecule has 0 N–H and O–H groups in total. The SMILES string of the molecule is S=P12C(c3ccccc3)=C[C@](c3ccccc3)([C@@H]3[C@@H]4C[C@@H]([C@@H]5C=CC[C@@H]54)[C@@H]31)[C@H]1C=CC[C@H]12. The third kappa shape index (κ3) is 1.98. The van der Waals surface area contributed by atoms with Gasteiger partial charge in [-0.1, -0.05) is 103 Å². The summed E-state index contributed by atoms with van der Waals surface area (Å²) in [6, 6.07) is 21.2. The van der Waals surface area contributed by atoms with Gasteiger partial charge in [-0.05, 0) is 82.9 Å². The summed E-state index contributed by atoms with van der Waals surface area (Å²) in [5, 5.41) is 1.59. The molecule has 4 aliphatic carbocycles. The molecule has 2 aromatic rings. The van der Waals surface area contributed by atoms with Crippen LogP contribution in [0.15, 0.2) is 91.0 Å². The quantitative estimate of drug-likeness (QED) is 0.342. The maximum atomic E-state index is 7.07. The smallest absolute Gasteiger partial charge is 0.0248 e. The van der Waals surface area contributed by atoms with Crippen molar-refractivity contribution in [2.75, 3.05) is 0 Å². The second kappa shape index (κ2) is 6.25. The van der Waals surface area contributed by atoms with Crippen LogP contribution < -0.4 is 0 Å². The van der Waals surface area contributed by atoms with E-state index in [2.05, 4.69) is 91.0 Å². The fraction of sp³-hybridized carbons (Fsp3) is 0.400. The highest BCUT2D eigenvalue weighted by molar-refractivity contribution is 8.20. The maximum absolute atomic E-state index is 7.07. The van der Waals surface area contributed by atoms with Crippen molar-refractivity contribution in [3.8, 4) is 0 Å². The normalized spacial score (nSPS) is 48.6. The maximum Gasteiger partial charge on any atom is 0.0248 e. The molecule has 1 unspecified atom stereocenters. The van der Waals surface area contributed by atoms with Gasteiger partial charge in [0.1, 0.15) is 0 Å². The van der Waals surface area contributed by atoms with Gasteiger partial charge in [0, 0.05) is 11.1 Å². The summed E-state index contributed by atoms with van der Waals surface area (Å²) in [5.41, 5.74) is 4.47. The minimum absolute atomic E-state index is 0.113. The predicted octanol–water partition coefficient (Wildman–Crippen LogP) is 7.24. The van der Waals surface area contributed by atoms with Crippen LogP contribution in [0.3, 0.4) is 0 Å². The van der Waals surface area contributed by atoms with Crippen LogP contribution in [-0.4, -0.2) is 11.3 Å². The van der Waals surface area contributed by atoms with Gasteiger partial charge in [-0.25, -0.2) is 0 Å². The number of allylic oxidation sites excluding steroid dienone is 5. The number of rotatable bonds is 2. The van der Waals surface area contributed by atoms with Gasteiger partial charge in [-0.15, -0.1) is 0 Å². The summed E-state index contributed by atoms with van der Waals surface area (Å²) < 4.78 is 0. The molecule has 32 heavy (non-hydrogen) atoms. The lowest BCUT2D eigenvalue weighted by molar-refractivity contribution is 0.112. The van der Waals surface area contributed by atoms with Crippen molar-refractivity contribution in [1.29, 1.82) is 0 Å². The van der Waals surface area contributed by atoms with E-state index in [4.69, 9.17) is 11.8 Å². The molecule has 0 amide bonds. The van der Waals surface area contributed by atoms with Crippen molar-refractivity contribution in [3.05, 3.63) is 102 Å². The molecule has 3 aliphatic heterocycles. The average molecular weight is 453 g/mol. The molecule has 1 saturated heterocycles. The van der Waals surface area contributed by atoms with Gasteiger partial charge < -0.3 is 0 Å². The monoisotopic (exact) mass is 452 g/mol. The van der Waals surface area contributed by atoms with Crippen LogP contribution in [0.25, 0.3) is 5.31 Å². The summed E-state index contributed by atoms with van der Waals surface area (Å²) in [6.45, 7) is 0. The Balaban J connectivity index is 1.46. The van der Waals surface area contributed by atoms with Crippen LogP contribution in [0.2, 0.25) is 0 Å². The first-order valence-electron chi connectivity index (χ1n) is 12.5. The van der Waals surface area contributed by atoms with Gasteiger partial charge in [-0.2, -0.15) is 0 Å². The molecule has 2 aromatic carbocycles. The molecule has 7 aliphatic rings. The summed E-state index contributed by atoms with van der Waals surface area (Å²) in [7, 11) is 0. The van der Waals surface area contributed by atoms with E-state index in [1.807, 2.05) is 0 Å². The number of hydrogen-bond acceptors (Lipinski definition) is 1. The molecule has 3 heterocycles. The van der Waals surface area contributed by atoms with E-state index in [0.717, 1.165) is 35.2 Å². The Morgan fingerprint density at radius 1 is 0.812 bits per heavy atom. The van der Waals surface area contributed by atoms with E-state index in [1.165, 1.54) is 24.8 Å². The zero-order chi connectivity index (χ0) is 21.1. The molecule has 0 nitrogen and oxygen atoms in total. The molecule has 9 rings (SSSR count). The number of hydrogen-bond donors (Lipinski definition) is 0. The van der Waals surface area contributed by atoms with E-state index < -0.39 is 6.04 Å². The topological polar surface area (TPSA) is 0 Å². The standard InChI is InChI=1S/C30H29PS/c32-31-26-16-8-15-25(26)30(20-11-5-2-6-12-20,18-27(31)19-9-3-1-4-10-19)28-23-17-24(29(28)31)22-14-7-13-21(22)23/h1-12,14-15,18,21-26,28-29H,13,16-17H2/t21-,22+,23+,24-,25-,26+,28+,29-,30+,31?/m0/s1. The first kappa shape index (κ1) is 18.7. The fourth-order valence-corrected chi connectivity index (χ4v) is 16.8. The van der Waals surface area contributed by atoms with E-state index >= 15 is 0 Å². The van der Waals surface area contributed by atoms with Crippen LogP contribution in [0.1, 0.15) is 30.4 Å². The Morgan fingerprint density at radius 3 is 2.38 bits per heavy atom. The van der Waals surface area contributed by atoms with E-state index in [1.54, 1.807) is 10.9 Å². The molecule has 4 bridgehead atoms. The lowest BCUT2D eigenvalue weighted by Gasteiger charge is -2.65. The highest BCUT2D eigenvalue weighted by Gasteiger charge is 2.74. The first-order valence-corrected chi connectivity index (χ1v) is 15.5. The molecule has 0 radical (unpaired) electrons. The number of benzene rings is 2. The van der Waals surface area contributed by atoms with E-state index in [9.17, 15) is 0 Å². The van der Waals surface area contributed by atoms with Crippen molar-refractivity contribution in [2.24, 2.45) is 35.5 Å². The lowest BCUT2D eigenvalue weighted by atomic mass is 9.54. The minimum Gasteiger partial charge on any atom is -0.0919 e. The Kier molecular flexibility index (Phi) is 3.65. The first-order chi connectivity index (χ1) is 15.7. The summed E-state index contributed by atoms with van der Waals surface area (Å²) >= 11 is 7.07. The molecule has 0 aromatic heterocycles. The minimum atomic E-state index is -1.72. The zero-order valence-electron chi connectivity index (χ0n) is 18.3. The lowest BCUT2D eigenvalue weighted by Crippen LogP contribution is -2.60. The van der Waals surface area contributed by atoms with Crippen LogP contribution in [0, 0.1) is 35.5 Å². The Hall–Kier alpha value is -1.69. The van der Waals surface area contributed by atoms with Gasteiger partial charge in [-0.3, -0.25) is 0 Å². The average Bonchev–Trinajstić information content (AvgIpc) is 3.62. The molecule has 0 spiro atoms. The Morgan fingerprint density at radius 2 is 1.56 bits per heavy atom. The molecular formula is C30H29PS. The molecule has 3 fully saturated rings. The second-order valence-electron chi connectivity index (χ2n) is 11.1. The predicted molar refractivity (Wildman–Crippen MR) is 137 cm³/mol. The summed E-state index contributed by atoms with van der Waals surface area (Å²) in [4.78, 5) is 0. The third-order valence-electron chi connectivity index (χ3n) is 10.4. The van der Waals surface area contributed by atoms with E-state index in [-0.39, 0.29) is 5.41 Å². The highest BCUT2D eigenvalue weighted by atomic mass is 32.4. The summed E-state index contributed by atoms with van der Waals surface area (Å²) in [5.74, 6) is 4.67. The van der Waals surface area contributed by atoms with Gasteiger partial charge in [0.25, 0.3) is 0 Å². The molecule has 10 atom stereocenters. The van der Waals surface area contributed by atoms with Gasteiger partial charge in [0.15, 0.2) is 0 Å². The fourth-order valence-electron chi connectivity index (χ4n) is 9.62. The molecule has 2 heteroatoms. The molecular weight excluding hydrogens is 423 g/mol. The van der Waals surface area contributed by atoms with Crippen LogP contribution in [-0.2, 0) is 17.2 Å². The van der Waals surface area contributed by atoms with Gasteiger partial charge in [0.2, 0.25) is 0 Å². The van der Waals surface area contributed by atoms with Crippen molar-refractivity contribution < 1.29 is 0 Å².